The normalized spacial score (nSPS) is 19.8. The van der Waals surface area contributed by atoms with Crippen molar-refractivity contribution in [2.75, 3.05) is 0 Å². The average molecular weight is 231 g/mol. The number of nitrogens with two attached hydrogens (primary N) is 1. The molecule has 1 aromatic heterocycles. The molecular weight excluding hydrogens is 218 g/mol. The first-order chi connectivity index (χ1) is 8.24. The summed E-state index contributed by atoms with van der Waals surface area (Å²) in [5.41, 5.74) is 6.85. The summed E-state index contributed by atoms with van der Waals surface area (Å²) < 4.78 is 10.9. The minimum atomic E-state index is -0.226. The third-order valence-corrected chi connectivity index (χ3v) is 2.79. The summed E-state index contributed by atoms with van der Waals surface area (Å²) in [6.45, 7) is 1.82. The predicted molar refractivity (Wildman–Crippen MR) is 60.4 cm³/mol. The van der Waals surface area contributed by atoms with Gasteiger partial charge in [0.25, 0.3) is 5.89 Å². The van der Waals surface area contributed by atoms with E-state index in [2.05, 4.69) is 10.1 Å². The summed E-state index contributed by atoms with van der Waals surface area (Å²) in [4.78, 5) is 4.25. The number of ether oxygens (including phenoxy) is 1. The van der Waals surface area contributed by atoms with Crippen LogP contribution in [0.2, 0.25) is 0 Å². The zero-order chi connectivity index (χ0) is 11.8. The number of fused-ring (bicyclic) bond motifs is 1. The maximum atomic E-state index is 5.75. The number of hydrogen-bond donors (Lipinski definition) is 1. The van der Waals surface area contributed by atoms with Crippen LogP contribution in [-0.2, 0) is 6.42 Å². The number of benzene rings is 1. The van der Waals surface area contributed by atoms with E-state index in [0.29, 0.717) is 11.7 Å². The molecule has 3 rings (SSSR count). The molecular formula is C12H13N3O2. The first-order valence-electron chi connectivity index (χ1n) is 5.57. The lowest BCUT2D eigenvalue weighted by Crippen LogP contribution is -2.08. The van der Waals surface area contributed by atoms with E-state index >= 15 is 0 Å². The molecule has 1 aliphatic heterocycles. The molecule has 2 N–H and O–H groups in total. The Bertz CT molecular complexity index is 511. The molecule has 1 aromatic carbocycles. The van der Waals surface area contributed by atoms with Crippen molar-refractivity contribution < 1.29 is 9.26 Å². The molecule has 2 aromatic rings. The molecule has 0 saturated carbocycles. The van der Waals surface area contributed by atoms with E-state index in [1.165, 1.54) is 0 Å². The Morgan fingerprint density at radius 2 is 2.24 bits per heavy atom. The van der Waals surface area contributed by atoms with Crippen LogP contribution in [0.1, 0.15) is 36.3 Å². The van der Waals surface area contributed by atoms with Crippen LogP contribution in [0.15, 0.2) is 28.8 Å². The first kappa shape index (κ1) is 10.3. The molecule has 88 valence electrons. The molecule has 0 aliphatic carbocycles. The van der Waals surface area contributed by atoms with Crippen molar-refractivity contribution in [1.82, 2.24) is 10.1 Å². The second-order valence-corrected chi connectivity index (χ2v) is 4.20. The summed E-state index contributed by atoms with van der Waals surface area (Å²) in [7, 11) is 0. The minimum Gasteiger partial charge on any atom is -0.480 e. The van der Waals surface area contributed by atoms with Crippen LogP contribution in [0.3, 0.4) is 0 Å². The molecule has 2 unspecified atom stereocenters. The van der Waals surface area contributed by atoms with E-state index in [1.807, 2.05) is 31.2 Å². The number of para-hydroxylation sites is 1. The number of hydrogen-bond acceptors (Lipinski definition) is 5. The molecule has 5 heteroatoms. The Labute approximate surface area is 98.6 Å². The Kier molecular flexibility index (Phi) is 2.33. The average Bonchev–Trinajstić information content (AvgIpc) is 2.95. The fourth-order valence-electron chi connectivity index (χ4n) is 1.88. The predicted octanol–water partition coefficient (Wildman–Crippen LogP) is 1.77. The van der Waals surface area contributed by atoms with Crippen LogP contribution in [0.25, 0.3) is 0 Å². The quantitative estimate of drug-likeness (QED) is 0.852. The Hall–Kier alpha value is -1.88. The summed E-state index contributed by atoms with van der Waals surface area (Å²) in [6, 6.07) is 7.70. The van der Waals surface area contributed by atoms with Crippen LogP contribution < -0.4 is 10.5 Å². The van der Waals surface area contributed by atoms with Gasteiger partial charge in [0.15, 0.2) is 11.9 Å². The Morgan fingerprint density at radius 1 is 1.41 bits per heavy atom. The zero-order valence-corrected chi connectivity index (χ0v) is 9.46. The lowest BCUT2D eigenvalue weighted by Gasteiger charge is -2.04. The first-order valence-corrected chi connectivity index (χ1v) is 5.57. The van der Waals surface area contributed by atoms with Gasteiger partial charge in [-0.3, -0.25) is 0 Å². The molecule has 0 radical (unpaired) electrons. The Balaban J connectivity index is 1.84. The molecule has 2 heterocycles. The molecule has 17 heavy (non-hydrogen) atoms. The monoisotopic (exact) mass is 231 g/mol. The fraction of sp³-hybridized carbons (Fsp3) is 0.333. The van der Waals surface area contributed by atoms with Gasteiger partial charge in [0, 0.05) is 6.42 Å². The second-order valence-electron chi connectivity index (χ2n) is 4.20. The molecule has 0 amide bonds. The topological polar surface area (TPSA) is 74.2 Å². The molecule has 0 bridgehead atoms. The molecule has 2 atom stereocenters. The van der Waals surface area contributed by atoms with Crippen LogP contribution in [-0.4, -0.2) is 10.1 Å². The van der Waals surface area contributed by atoms with Gasteiger partial charge in [-0.1, -0.05) is 23.4 Å². The SMILES string of the molecule is CC(N)c1noc(C2Cc3ccccc3O2)n1. The van der Waals surface area contributed by atoms with Crippen molar-refractivity contribution in [1.29, 1.82) is 0 Å². The van der Waals surface area contributed by atoms with E-state index in [-0.39, 0.29) is 12.1 Å². The third kappa shape index (κ3) is 1.78. The summed E-state index contributed by atoms with van der Waals surface area (Å²) in [5.74, 6) is 1.89. The summed E-state index contributed by atoms with van der Waals surface area (Å²) in [6.07, 6.45) is 0.573. The van der Waals surface area contributed by atoms with Gasteiger partial charge in [-0.15, -0.1) is 0 Å². The van der Waals surface area contributed by atoms with Crippen LogP contribution in [0, 0.1) is 0 Å². The highest BCUT2D eigenvalue weighted by Crippen LogP contribution is 2.35. The largest absolute Gasteiger partial charge is 0.480 e. The van der Waals surface area contributed by atoms with Crippen LogP contribution in [0.4, 0.5) is 0 Å². The van der Waals surface area contributed by atoms with E-state index in [1.54, 1.807) is 0 Å². The van der Waals surface area contributed by atoms with Gasteiger partial charge in [0.2, 0.25) is 0 Å². The highest BCUT2D eigenvalue weighted by molar-refractivity contribution is 5.37. The van der Waals surface area contributed by atoms with E-state index < -0.39 is 0 Å². The van der Waals surface area contributed by atoms with E-state index in [4.69, 9.17) is 15.0 Å². The minimum absolute atomic E-state index is 0.188. The van der Waals surface area contributed by atoms with E-state index in [9.17, 15) is 0 Å². The molecule has 0 spiro atoms. The summed E-state index contributed by atoms with van der Waals surface area (Å²) >= 11 is 0. The number of aromatic nitrogens is 2. The molecule has 0 fully saturated rings. The summed E-state index contributed by atoms with van der Waals surface area (Å²) in [5, 5.41) is 3.83. The van der Waals surface area contributed by atoms with Gasteiger partial charge in [0.05, 0.1) is 6.04 Å². The van der Waals surface area contributed by atoms with Crippen LogP contribution in [0.5, 0.6) is 5.75 Å². The lowest BCUT2D eigenvalue weighted by molar-refractivity contribution is 0.183. The van der Waals surface area contributed by atoms with Crippen LogP contribution >= 0.6 is 0 Å². The standard InChI is InChI=1S/C12H13N3O2/c1-7(13)11-14-12(17-15-11)10-6-8-4-2-3-5-9(8)16-10/h2-5,7,10H,6,13H2,1H3. The highest BCUT2D eigenvalue weighted by Gasteiger charge is 2.29. The zero-order valence-electron chi connectivity index (χ0n) is 9.46. The van der Waals surface area contributed by atoms with Crippen molar-refractivity contribution in [3.8, 4) is 5.75 Å². The van der Waals surface area contributed by atoms with Gasteiger partial charge in [-0.2, -0.15) is 4.98 Å². The van der Waals surface area contributed by atoms with Gasteiger partial charge in [-0.25, -0.2) is 0 Å². The number of nitrogens with zero attached hydrogens (tertiary/aromatic N) is 2. The Morgan fingerprint density at radius 3 is 2.94 bits per heavy atom. The van der Waals surface area contributed by atoms with Crippen molar-refractivity contribution in [2.24, 2.45) is 5.73 Å². The van der Waals surface area contributed by atoms with Crippen molar-refractivity contribution in [3.05, 3.63) is 41.5 Å². The highest BCUT2D eigenvalue weighted by atomic mass is 16.5. The maximum Gasteiger partial charge on any atom is 0.268 e. The van der Waals surface area contributed by atoms with Gasteiger partial charge in [-0.05, 0) is 18.6 Å². The molecule has 1 aliphatic rings. The van der Waals surface area contributed by atoms with Crippen molar-refractivity contribution in [2.45, 2.75) is 25.5 Å². The number of rotatable bonds is 2. The third-order valence-electron chi connectivity index (χ3n) is 2.79. The molecule has 0 saturated heterocycles. The lowest BCUT2D eigenvalue weighted by atomic mass is 10.1. The maximum absolute atomic E-state index is 5.75. The fourth-order valence-corrected chi connectivity index (χ4v) is 1.88. The smallest absolute Gasteiger partial charge is 0.268 e. The van der Waals surface area contributed by atoms with Crippen molar-refractivity contribution in [3.63, 3.8) is 0 Å². The van der Waals surface area contributed by atoms with E-state index in [0.717, 1.165) is 17.7 Å². The van der Waals surface area contributed by atoms with Crippen molar-refractivity contribution >= 4 is 0 Å². The second kappa shape index (κ2) is 3.85. The molecule has 5 nitrogen and oxygen atoms in total. The van der Waals surface area contributed by atoms with Gasteiger partial charge in [0.1, 0.15) is 5.75 Å². The van der Waals surface area contributed by atoms with Gasteiger partial charge < -0.3 is 15.0 Å². The van der Waals surface area contributed by atoms with Gasteiger partial charge >= 0.3 is 0 Å².